The van der Waals surface area contributed by atoms with E-state index in [9.17, 15) is 9.18 Å². The van der Waals surface area contributed by atoms with E-state index in [0.29, 0.717) is 11.6 Å². The Labute approximate surface area is 209 Å². The lowest BCUT2D eigenvalue weighted by Crippen LogP contribution is -2.46. The van der Waals surface area contributed by atoms with Crippen molar-refractivity contribution >= 4 is 17.3 Å². The molecule has 0 unspecified atom stereocenters. The zero-order valence-electron chi connectivity index (χ0n) is 20.6. The van der Waals surface area contributed by atoms with Crippen LogP contribution in [0.3, 0.4) is 0 Å². The van der Waals surface area contributed by atoms with E-state index in [1.54, 1.807) is 25.6 Å². The number of nitrogens with one attached hydrogen (secondary N) is 1. The van der Waals surface area contributed by atoms with Crippen molar-refractivity contribution in [3.8, 4) is 17.1 Å². The first-order chi connectivity index (χ1) is 17.4. The Bertz CT molecular complexity index is 1240. The Hall–Kier alpha value is -3.63. The summed E-state index contributed by atoms with van der Waals surface area (Å²) in [7, 11) is 3.12. The number of halogens is 1. The number of carbonyl (C=O) groups excluding carboxylic acids is 1. The second-order valence-corrected chi connectivity index (χ2v) is 8.93. The first kappa shape index (κ1) is 25.5. The molecule has 4 rings (SSSR count). The number of nitrogens with zero attached hydrogens (tertiary/aromatic N) is 3. The number of amides is 1. The lowest BCUT2D eigenvalue weighted by Gasteiger charge is -2.39. The molecule has 1 saturated carbocycles. The predicted molar refractivity (Wildman–Crippen MR) is 135 cm³/mol. The minimum atomic E-state index is -0.575. The number of nitrogens with two attached hydrogens (primary N) is 2. The third-order valence-corrected chi connectivity index (χ3v) is 6.82. The predicted octanol–water partition coefficient (Wildman–Crippen LogP) is 3.77. The molecule has 1 aliphatic carbocycles. The molecule has 1 aromatic carbocycles. The van der Waals surface area contributed by atoms with E-state index >= 15 is 0 Å². The first-order valence-electron chi connectivity index (χ1n) is 11.9. The topological polar surface area (TPSA) is 138 Å². The third kappa shape index (κ3) is 5.00. The van der Waals surface area contributed by atoms with Crippen LogP contribution in [0.15, 0.2) is 42.9 Å². The number of methoxy groups -OCH3 is 2. The molecule has 190 valence electrons. The number of nitrogen functional groups attached to an aromatic ring is 1. The first-order valence-corrected chi connectivity index (χ1v) is 11.9. The lowest BCUT2D eigenvalue weighted by molar-refractivity contribution is 0.00154. The number of pyridine rings is 1. The number of hydrogen-bond donors (Lipinski definition) is 3. The minimum absolute atomic E-state index is 0.000685. The van der Waals surface area contributed by atoms with Gasteiger partial charge < -0.3 is 26.3 Å². The molecule has 1 fully saturated rings. The summed E-state index contributed by atoms with van der Waals surface area (Å²) in [5.41, 5.74) is 14.0. The van der Waals surface area contributed by atoms with Gasteiger partial charge in [0.25, 0.3) is 5.91 Å². The van der Waals surface area contributed by atoms with E-state index in [1.807, 2.05) is 6.07 Å². The zero-order chi connectivity index (χ0) is 25.8. The van der Waals surface area contributed by atoms with Crippen molar-refractivity contribution in [2.24, 2.45) is 11.7 Å². The molecular weight excluding hydrogens is 463 g/mol. The molecule has 36 heavy (non-hydrogen) atoms. The summed E-state index contributed by atoms with van der Waals surface area (Å²) in [6, 6.07) is 6.15. The lowest BCUT2D eigenvalue weighted by atomic mass is 9.73. The zero-order valence-corrected chi connectivity index (χ0v) is 20.6. The second-order valence-electron chi connectivity index (χ2n) is 8.93. The number of rotatable bonds is 7. The molecule has 9 nitrogen and oxygen atoms in total. The number of carbonyl (C=O) groups is 1. The second kappa shape index (κ2) is 11.0. The summed E-state index contributed by atoms with van der Waals surface area (Å²) in [4.78, 5) is 25.9. The van der Waals surface area contributed by atoms with Crippen molar-refractivity contribution in [3.05, 3.63) is 59.9 Å². The molecule has 3 aromatic rings. The fourth-order valence-corrected chi connectivity index (χ4v) is 5.06. The summed E-state index contributed by atoms with van der Waals surface area (Å²) in [5, 5.41) is 2.89. The van der Waals surface area contributed by atoms with Crippen LogP contribution >= 0.6 is 0 Å². The summed E-state index contributed by atoms with van der Waals surface area (Å²) in [6.45, 7) is 2.13. The van der Waals surface area contributed by atoms with Gasteiger partial charge in [0.2, 0.25) is 0 Å². The maximum absolute atomic E-state index is 14.6. The van der Waals surface area contributed by atoms with Crippen molar-refractivity contribution in [2.45, 2.75) is 44.2 Å². The van der Waals surface area contributed by atoms with Crippen molar-refractivity contribution in [2.75, 3.05) is 25.3 Å². The summed E-state index contributed by atoms with van der Waals surface area (Å²) < 4.78 is 25.5. The van der Waals surface area contributed by atoms with E-state index in [0.717, 1.165) is 24.8 Å². The van der Waals surface area contributed by atoms with Crippen LogP contribution in [0, 0.1) is 11.7 Å². The van der Waals surface area contributed by atoms with Gasteiger partial charge in [-0.25, -0.2) is 14.4 Å². The SMILES string of the molecule is CC[C@H]1C[C@@H](c2ccncc2NC(=O)c2nc(-c3c(F)cccc3OC)ncc2N)C[C@@H](N)[C@@H]1OC. The van der Waals surface area contributed by atoms with E-state index < -0.39 is 11.7 Å². The van der Waals surface area contributed by atoms with Crippen LogP contribution in [-0.4, -0.2) is 47.2 Å². The molecule has 1 amide bonds. The van der Waals surface area contributed by atoms with Gasteiger partial charge in [-0.05, 0) is 48.4 Å². The van der Waals surface area contributed by atoms with E-state index in [2.05, 4.69) is 27.2 Å². The van der Waals surface area contributed by atoms with Gasteiger partial charge in [-0.1, -0.05) is 19.4 Å². The highest BCUT2D eigenvalue weighted by molar-refractivity contribution is 6.06. The maximum Gasteiger partial charge on any atom is 0.276 e. The standard InChI is InChI=1S/C26H31FN6O3/c1-4-14-10-15(11-18(28)24(14)36-3)16-8-9-30-13-20(16)32-26(34)23-19(29)12-31-25(33-23)22-17(27)6-5-7-21(22)35-2/h5-9,12-15,18,24H,4,10-11,28-29H2,1-3H3,(H,32,34)/t14-,15+,18+,24+/m0/s1. The van der Waals surface area contributed by atoms with Crippen LogP contribution in [0.2, 0.25) is 0 Å². The average molecular weight is 495 g/mol. The Balaban J connectivity index is 1.64. The molecule has 5 N–H and O–H groups in total. The molecule has 0 bridgehead atoms. The van der Waals surface area contributed by atoms with Crippen LogP contribution in [0.4, 0.5) is 15.8 Å². The van der Waals surface area contributed by atoms with Gasteiger partial charge in [-0.2, -0.15) is 0 Å². The van der Waals surface area contributed by atoms with Crippen LogP contribution < -0.4 is 21.5 Å². The van der Waals surface area contributed by atoms with Crippen LogP contribution in [-0.2, 0) is 4.74 Å². The van der Waals surface area contributed by atoms with Gasteiger partial charge in [0.15, 0.2) is 11.5 Å². The molecule has 0 aliphatic heterocycles. The number of hydrogen-bond acceptors (Lipinski definition) is 8. The molecule has 2 heterocycles. The normalized spacial score (nSPS) is 21.7. The molecule has 1 aliphatic rings. The van der Waals surface area contributed by atoms with Gasteiger partial charge in [0.05, 0.1) is 42.5 Å². The minimum Gasteiger partial charge on any atom is -0.496 e. The fourth-order valence-electron chi connectivity index (χ4n) is 5.06. The molecule has 10 heteroatoms. The molecule has 0 radical (unpaired) electrons. The monoisotopic (exact) mass is 494 g/mol. The summed E-state index contributed by atoms with van der Waals surface area (Å²) in [5.74, 6) is -0.470. The van der Waals surface area contributed by atoms with E-state index in [1.165, 1.54) is 25.4 Å². The van der Waals surface area contributed by atoms with Crippen LogP contribution in [0.5, 0.6) is 5.75 Å². The number of ether oxygens (including phenoxy) is 2. The number of aromatic nitrogens is 3. The third-order valence-electron chi connectivity index (χ3n) is 6.82. The molecule has 0 saturated heterocycles. The Morgan fingerprint density at radius 3 is 2.75 bits per heavy atom. The van der Waals surface area contributed by atoms with Gasteiger partial charge in [0, 0.05) is 19.3 Å². The van der Waals surface area contributed by atoms with Crippen LogP contribution in [0.25, 0.3) is 11.4 Å². The highest BCUT2D eigenvalue weighted by Crippen LogP contribution is 2.41. The van der Waals surface area contributed by atoms with Gasteiger partial charge in [-0.3, -0.25) is 9.78 Å². The Kier molecular flexibility index (Phi) is 7.76. The fraction of sp³-hybridized carbons (Fsp3) is 0.385. The Morgan fingerprint density at radius 2 is 2.03 bits per heavy atom. The quantitative estimate of drug-likeness (QED) is 0.451. The molecule has 0 spiro atoms. The Morgan fingerprint density at radius 1 is 1.22 bits per heavy atom. The van der Waals surface area contributed by atoms with Gasteiger partial charge >= 0.3 is 0 Å². The number of benzene rings is 1. The van der Waals surface area contributed by atoms with E-state index in [-0.39, 0.29) is 46.6 Å². The number of anilines is 2. The maximum atomic E-state index is 14.6. The average Bonchev–Trinajstić information content (AvgIpc) is 2.88. The summed E-state index contributed by atoms with van der Waals surface area (Å²) in [6.07, 6.45) is 7.11. The molecule has 4 atom stereocenters. The van der Waals surface area contributed by atoms with Crippen molar-refractivity contribution in [3.63, 3.8) is 0 Å². The van der Waals surface area contributed by atoms with Gasteiger partial charge in [0.1, 0.15) is 11.6 Å². The molecular formula is C26H31FN6O3. The highest BCUT2D eigenvalue weighted by Gasteiger charge is 2.36. The van der Waals surface area contributed by atoms with Crippen molar-refractivity contribution in [1.82, 2.24) is 15.0 Å². The summed E-state index contributed by atoms with van der Waals surface area (Å²) >= 11 is 0. The van der Waals surface area contributed by atoms with E-state index in [4.69, 9.17) is 20.9 Å². The van der Waals surface area contributed by atoms with Crippen molar-refractivity contribution < 1.29 is 18.7 Å². The highest BCUT2D eigenvalue weighted by atomic mass is 19.1. The van der Waals surface area contributed by atoms with Crippen LogP contribution in [0.1, 0.15) is 48.2 Å². The van der Waals surface area contributed by atoms with Crippen molar-refractivity contribution in [1.29, 1.82) is 0 Å². The largest absolute Gasteiger partial charge is 0.496 e. The smallest absolute Gasteiger partial charge is 0.276 e. The van der Waals surface area contributed by atoms with Gasteiger partial charge in [-0.15, -0.1) is 0 Å². The molecule has 2 aromatic heterocycles.